The molecule has 2 N–H and O–H groups in total. The fourth-order valence-electron chi connectivity index (χ4n) is 3.10. The molecular weight excluding hydrogens is 338 g/mol. The van der Waals surface area contributed by atoms with Crippen LogP contribution in [0, 0.1) is 0 Å². The van der Waals surface area contributed by atoms with Gasteiger partial charge >= 0.3 is 5.97 Å². The van der Waals surface area contributed by atoms with E-state index in [1.807, 2.05) is 18.2 Å². The van der Waals surface area contributed by atoms with Crippen molar-refractivity contribution in [3.8, 4) is 0 Å². The summed E-state index contributed by atoms with van der Waals surface area (Å²) in [5, 5.41) is 8.86. The van der Waals surface area contributed by atoms with Gasteiger partial charge in [-0.05, 0) is 54.2 Å². The first-order valence-electron chi connectivity index (χ1n) is 7.96. The average Bonchev–Trinajstić information content (AvgIpc) is 2.95. The SMILES string of the molecule is C/C(=C/C(=O)O)c1ccc2c(c1)CC(NS(=O)(=O)c1ccccc1)C2. The van der Waals surface area contributed by atoms with Crippen LogP contribution in [0.25, 0.3) is 5.57 Å². The number of hydrogen-bond donors (Lipinski definition) is 2. The molecule has 1 atom stereocenters. The quantitative estimate of drug-likeness (QED) is 0.806. The summed E-state index contributed by atoms with van der Waals surface area (Å²) < 4.78 is 27.7. The van der Waals surface area contributed by atoms with E-state index in [0.717, 1.165) is 16.7 Å². The first-order chi connectivity index (χ1) is 11.8. The van der Waals surface area contributed by atoms with Gasteiger partial charge in [0.25, 0.3) is 0 Å². The molecule has 0 fully saturated rings. The Morgan fingerprint density at radius 3 is 2.48 bits per heavy atom. The Hall–Kier alpha value is -2.44. The molecule has 0 aromatic heterocycles. The Kier molecular flexibility index (Phi) is 4.74. The number of carbonyl (C=O) groups is 1. The largest absolute Gasteiger partial charge is 0.478 e. The number of carboxylic acid groups (broad SMARTS) is 1. The van der Waals surface area contributed by atoms with Gasteiger partial charge in [-0.1, -0.05) is 36.4 Å². The molecule has 25 heavy (non-hydrogen) atoms. The molecule has 6 heteroatoms. The van der Waals surface area contributed by atoms with Crippen LogP contribution in [0.15, 0.2) is 59.5 Å². The van der Waals surface area contributed by atoms with Crippen molar-refractivity contribution >= 4 is 21.6 Å². The van der Waals surface area contributed by atoms with Gasteiger partial charge in [0.2, 0.25) is 10.0 Å². The van der Waals surface area contributed by atoms with Crippen LogP contribution in [-0.4, -0.2) is 25.5 Å². The molecule has 2 aromatic carbocycles. The summed E-state index contributed by atoms with van der Waals surface area (Å²) in [5.41, 5.74) is 3.65. The second-order valence-electron chi connectivity index (χ2n) is 6.19. The van der Waals surface area contributed by atoms with E-state index in [1.54, 1.807) is 37.3 Å². The standard InChI is InChI=1S/C19H19NO4S/c1-13(9-19(21)22)14-7-8-15-11-17(12-16(15)10-14)20-25(23,24)18-5-3-2-4-6-18/h2-10,17,20H,11-12H2,1H3,(H,21,22)/b13-9-. The zero-order chi connectivity index (χ0) is 18.0. The van der Waals surface area contributed by atoms with E-state index in [4.69, 9.17) is 5.11 Å². The van der Waals surface area contributed by atoms with Gasteiger partial charge in [0.1, 0.15) is 0 Å². The number of aliphatic carboxylic acids is 1. The van der Waals surface area contributed by atoms with Crippen LogP contribution in [0.1, 0.15) is 23.6 Å². The number of sulfonamides is 1. The van der Waals surface area contributed by atoms with E-state index in [1.165, 1.54) is 6.08 Å². The van der Waals surface area contributed by atoms with Gasteiger partial charge in [-0.15, -0.1) is 0 Å². The molecule has 0 amide bonds. The molecule has 0 aliphatic heterocycles. The summed E-state index contributed by atoms with van der Waals surface area (Å²) in [5.74, 6) is -0.980. The van der Waals surface area contributed by atoms with Crippen LogP contribution < -0.4 is 4.72 Å². The Morgan fingerprint density at radius 2 is 1.80 bits per heavy atom. The van der Waals surface area contributed by atoms with Gasteiger partial charge in [0.05, 0.1) is 4.90 Å². The summed E-state index contributed by atoms with van der Waals surface area (Å²) in [6.07, 6.45) is 2.39. The van der Waals surface area contributed by atoms with E-state index >= 15 is 0 Å². The molecule has 0 saturated carbocycles. The van der Waals surface area contributed by atoms with E-state index < -0.39 is 16.0 Å². The lowest BCUT2D eigenvalue weighted by atomic mass is 10.0. The smallest absolute Gasteiger partial charge is 0.328 e. The number of rotatable bonds is 5. The van der Waals surface area contributed by atoms with Crippen molar-refractivity contribution in [3.05, 3.63) is 71.3 Å². The van der Waals surface area contributed by atoms with Crippen LogP contribution >= 0.6 is 0 Å². The van der Waals surface area contributed by atoms with Crippen molar-refractivity contribution in [2.45, 2.75) is 30.7 Å². The molecule has 0 radical (unpaired) electrons. The summed E-state index contributed by atoms with van der Waals surface area (Å²) in [6.45, 7) is 1.75. The minimum Gasteiger partial charge on any atom is -0.478 e. The van der Waals surface area contributed by atoms with Crippen molar-refractivity contribution in [1.29, 1.82) is 0 Å². The zero-order valence-corrected chi connectivity index (χ0v) is 14.6. The van der Waals surface area contributed by atoms with Crippen LogP contribution in [0.3, 0.4) is 0 Å². The third kappa shape index (κ3) is 3.97. The maximum absolute atomic E-state index is 12.5. The van der Waals surface area contributed by atoms with Gasteiger partial charge in [-0.3, -0.25) is 0 Å². The predicted molar refractivity (Wildman–Crippen MR) is 95.7 cm³/mol. The highest BCUT2D eigenvalue weighted by Crippen LogP contribution is 2.27. The van der Waals surface area contributed by atoms with Crippen LogP contribution in [0.4, 0.5) is 0 Å². The third-order valence-electron chi connectivity index (χ3n) is 4.31. The highest BCUT2D eigenvalue weighted by atomic mass is 32.2. The van der Waals surface area contributed by atoms with E-state index in [9.17, 15) is 13.2 Å². The molecule has 1 aliphatic rings. The minimum absolute atomic E-state index is 0.195. The molecule has 130 valence electrons. The number of allylic oxidation sites excluding steroid dienone is 1. The number of carboxylic acids is 1. The number of benzene rings is 2. The summed E-state index contributed by atoms with van der Waals surface area (Å²) in [4.78, 5) is 11.1. The molecule has 0 bridgehead atoms. The van der Waals surface area contributed by atoms with Crippen LogP contribution in [0.2, 0.25) is 0 Å². The number of nitrogens with one attached hydrogen (secondary N) is 1. The van der Waals surface area contributed by atoms with Gasteiger partial charge < -0.3 is 5.11 Å². The predicted octanol–water partition coefficient (Wildman–Crippen LogP) is 2.62. The second-order valence-corrected chi connectivity index (χ2v) is 7.90. The van der Waals surface area contributed by atoms with Crippen LogP contribution in [-0.2, 0) is 27.7 Å². The lowest BCUT2D eigenvalue weighted by Gasteiger charge is -2.12. The monoisotopic (exact) mass is 357 g/mol. The molecule has 2 aromatic rings. The van der Waals surface area contributed by atoms with E-state index in [0.29, 0.717) is 18.4 Å². The van der Waals surface area contributed by atoms with Crippen molar-refractivity contribution in [3.63, 3.8) is 0 Å². The lowest BCUT2D eigenvalue weighted by molar-refractivity contribution is -0.131. The molecule has 0 heterocycles. The van der Waals surface area contributed by atoms with E-state index in [2.05, 4.69) is 4.72 Å². The Morgan fingerprint density at radius 1 is 1.12 bits per heavy atom. The summed E-state index contributed by atoms with van der Waals surface area (Å²) >= 11 is 0. The fourth-order valence-corrected chi connectivity index (χ4v) is 4.36. The fraction of sp³-hybridized carbons (Fsp3) is 0.211. The zero-order valence-electron chi connectivity index (χ0n) is 13.8. The maximum atomic E-state index is 12.5. The van der Waals surface area contributed by atoms with Gasteiger partial charge in [0, 0.05) is 12.1 Å². The van der Waals surface area contributed by atoms with Gasteiger partial charge in [-0.2, -0.15) is 0 Å². The van der Waals surface area contributed by atoms with Crippen molar-refractivity contribution < 1.29 is 18.3 Å². The minimum atomic E-state index is -3.54. The maximum Gasteiger partial charge on any atom is 0.328 e. The summed E-state index contributed by atoms with van der Waals surface area (Å²) in [6, 6.07) is 13.9. The molecule has 0 saturated heterocycles. The van der Waals surface area contributed by atoms with Crippen molar-refractivity contribution in [1.82, 2.24) is 4.72 Å². The van der Waals surface area contributed by atoms with E-state index in [-0.39, 0.29) is 10.9 Å². The average molecular weight is 357 g/mol. The first-order valence-corrected chi connectivity index (χ1v) is 9.44. The van der Waals surface area contributed by atoms with Crippen molar-refractivity contribution in [2.24, 2.45) is 0 Å². The lowest BCUT2D eigenvalue weighted by Crippen LogP contribution is -2.35. The van der Waals surface area contributed by atoms with Gasteiger partial charge in [0.15, 0.2) is 0 Å². The molecule has 1 aliphatic carbocycles. The van der Waals surface area contributed by atoms with Gasteiger partial charge in [-0.25, -0.2) is 17.9 Å². The normalized spacial score (nSPS) is 17.3. The second kappa shape index (κ2) is 6.82. The molecule has 0 spiro atoms. The molecule has 5 nitrogen and oxygen atoms in total. The Balaban J connectivity index is 1.77. The van der Waals surface area contributed by atoms with Crippen LogP contribution in [0.5, 0.6) is 0 Å². The topological polar surface area (TPSA) is 83.5 Å². The first kappa shape index (κ1) is 17.4. The summed E-state index contributed by atoms with van der Waals surface area (Å²) in [7, 11) is -3.54. The third-order valence-corrected chi connectivity index (χ3v) is 5.85. The molecular formula is C19H19NO4S. The molecule has 3 rings (SSSR count). The molecule has 1 unspecified atom stereocenters. The highest BCUT2D eigenvalue weighted by molar-refractivity contribution is 7.89. The number of hydrogen-bond acceptors (Lipinski definition) is 3. The Bertz CT molecular complexity index is 933. The number of fused-ring (bicyclic) bond motifs is 1. The highest BCUT2D eigenvalue weighted by Gasteiger charge is 2.26. The Labute approximate surface area is 147 Å². The van der Waals surface area contributed by atoms with Crippen molar-refractivity contribution in [2.75, 3.05) is 0 Å².